The van der Waals surface area contributed by atoms with Crippen LogP contribution in [0.25, 0.3) is 0 Å². The molecule has 0 aliphatic carbocycles. The summed E-state index contributed by atoms with van der Waals surface area (Å²) in [5.41, 5.74) is 8.46. The Morgan fingerprint density at radius 3 is 2.60 bits per heavy atom. The van der Waals surface area contributed by atoms with Gasteiger partial charge in [-0.1, -0.05) is 23.8 Å². The van der Waals surface area contributed by atoms with Crippen molar-refractivity contribution in [3.05, 3.63) is 53.6 Å². The molecule has 1 heterocycles. The van der Waals surface area contributed by atoms with E-state index in [0.29, 0.717) is 18.9 Å². The summed E-state index contributed by atoms with van der Waals surface area (Å²) in [7, 11) is 0. The third-order valence-corrected chi connectivity index (χ3v) is 3.65. The van der Waals surface area contributed by atoms with Crippen molar-refractivity contribution in [3.8, 4) is 11.5 Å². The number of fused-ring (bicyclic) bond motifs is 1. The van der Waals surface area contributed by atoms with E-state index >= 15 is 0 Å². The Balaban J connectivity index is 1.84. The summed E-state index contributed by atoms with van der Waals surface area (Å²) in [6, 6.07) is 13.3. The molecule has 20 heavy (non-hydrogen) atoms. The molecule has 0 spiro atoms. The summed E-state index contributed by atoms with van der Waals surface area (Å²) >= 11 is 0. The molecule has 1 unspecified atom stereocenters. The van der Waals surface area contributed by atoms with Gasteiger partial charge in [-0.15, -0.1) is 12.3 Å². The molecule has 104 valence electrons. The minimum Gasteiger partial charge on any atom is -0.579 e. The maximum Gasteiger partial charge on any atom is 0.265 e. The van der Waals surface area contributed by atoms with Crippen LogP contribution in [0.5, 0.6) is 11.5 Å². The van der Waals surface area contributed by atoms with Gasteiger partial charge in [0, 0.05) is 13.2 Å². The van der Waals surface area contributed by atoms with E-state index in [1.165, 1.54) is 0 Å². The van der Waals surface area contributed by atoms with Gasteiger partial charge < -0.3 is 20.1 Å². The number of ether oxygens (including phenoxy) is 1. The smallest absolute Gasteiger partial charge is 0.265 e. The zero-order valence-corrected chi connectivity index (χ0v) is 11.4. The van der Waals surface area contributed by atoms with Crippen LogP contribution in [0.15, 0.2) is 42.5 Å². The van der Waals surface area contributed by atoms with Gasteiger partial charge in [0.2, 0.25) is 0 Å². The molecule has 3 rings (SSSR count). The van der Waals surface area contributed by atoms with Crippen LogP contribution in [-0.4, -0.2) is 11.6 Å². The number of benzene rings is 2. The molecule has 1 aliphatic rings. The molecule has 3 N–H and O–H groups in total. The molecule has 0 saturated heterocycles. The SMILES string of the molecule is C[B-]1(O)OCc2ccc(Oc3ccc(CN)cc3)cc21. The molecule has 0 amide bonds. The fraction of sp³-hybridized carbons (Fsp3) is 0.200. The van der Waals surface area contributed by atoms with E-state index in [1.54, 1.807) is 6.82 Å². The van der Waals surface area contributed by atoms with Crippen LogP contribution in [0.3, 0.4) is 0 Å². The topological polar surface area (TPSA) is 64.7 Å². The summed E-state index contributed by atoms with van der Waals surface area (Å²) in [5, 5.41) is 10.2. The van der Waals surface area contributed by atoms with Gasteiger partial charge in [-0.3, -0.25) is 0 Å². The summed E-state index contributed by atoms with van der Waals surface area (Å²) < 4.78 is 11.2. The monoisotopic (exact) mass is 270 g/mol. The minimum atomic E-state index is -1.91. The second-order valence-corrected chi connectivity index (χ2v) is 5.26. The van der Waals surface area contributed by atoms with E-state index in [9.17, 15) is 5.02 Å². The van der Waals surface area contributed by atoms with E-state index in [-0.39, 0.29) is 0 Å². The molecule has 2 aromatic carbocycles. The highest BCUT2D eigenvalue weighted by Gasteiger charge is 2.28. The van der Waals surface area contributed by atoms with Gasteiger partial charge >= 0.3 is 0 Å². The van der Waals surface area contributed by atoms with Crippen LogP contribution in [0.2, 0.25) is 6.82 Å². The molecular formula is C15H17BNO3-. The molecule has 0 fully saturated rings. The molecular weight excluding hydrogens is 253 g/mol. The highest BCUT2D eigenvalue weighted by atomic mass is 16.5. The van der Waals surface area contributed by atoms with Crippen molar-refractivity contribution in [2.75, 3.05) is 0 Å². The Labute approximate surface area is 118 Å². The first kappa shape index (κ1) is 13.2. The molecule has 0 aromatic heterocycles. The lowest BCUT2D eigenvalue weighted by Crippen LogP contribution is -2.43. The van der Waals surface area contributed by atoms with Crippen LogP contribution >= 0.6 is 0 Å². The zero-order valence-electron chi connectivity index (χ0n) is 11.4. The van der Waals surface area contributed by atoms with Gasteiger partial charge in [0.05, 0.1) is 0 Å². The van der Waals surface area contributed by atoms with Crippen molar-refractivity contribution >= 4 is 12.0 Å². The van der Waals surface area contributed by atoms with E-state index in [1.807, 2.05) is 42.5 Å². The van der Waals surface area contributed by atoms with Crippen molar-refractivity contribution in [3.63, 3.8) is 0 Å². The normalized spacial score (nSPS) is 20.8. The number of rotatable bonds is 3. The lowest BCUT2D eigenvalue weighted by molar-refractivity contribution is 0.253. The fourth-order valence-corrected chi connectivity index (χ4v) is 2.44. The number of nitrogens with two attached hydrogens (primary N) is 1. The molecule has 0 bridgehead atoms. The van der Waals surface area contributed by atoms with Gasteiger partial charge in [0.15, 0.2) is 0 Å². The first-order valence-electron chi connectivity index (χ1n) is 6.73. The van der Waals surface area contributed by atoms with Gasteiger partial charge in [0.1, 0.15) is 11.5 Å². The molecule has 0 radical (unpaired) electrons. The van der Waals surface area contributed by atoms with Crippen molar-refractivity contribution in [2.45, 2.75) is 20.0 Å². The summed E-state index contributed by atoms with van der Waals surface area (Å²) in [6.45, 7) is 0.763. The van der Waals surface area contributed by atoms with Crippen LogP contribution in [0.4, 0.5) is 0 Å². The standard InChI is InChI=1S/C15H17BNO3/c1-16(18)15-8-14(7-4-12(15)10-19-16)20-13-5-2-11(9-17)3-6-13/h2-8,18H,9-10,17H2,1H3/q-1. The van der Waals surface area contributed by atoms with Gasteiger partial charge in [-0.2, -0.15) is 0 Å². The predicted molar refractivity (Wildman–Crippen MR) is 79.1 cm³/mol. The van der Waals surface area contributed by atoms with Crippen molar-refractivity contribution in [1.82, 2.24) is 0 Å². The molecule has 2 aromatic rings. The summed E-state index contributed by atoms with van der Waals surface area (Å²) in [5.74, 6) is 1.44. The van der Waals surface area contributed by atoms with Crippen molar-refractivity contribution in [2.24, 2.45) is 5.73 Å². The highest BCUT2D eigenvalue weighted by molar-refractivity contribution is 6.79. The second kappa shape index (κ2) is 4.94. The molecule has 1 aliphatic heterocycles. The fourth-order valence-electron chi connectivity index (χ4n) is 2.44. The average Bonchev–Trinajstić information content (AvgIpc) is 2.75. The summed E-state index contributed by atoms with van der Waals surface area (Å²) in [4.78, 5) is 0. The average molecular weight is 270 g/mol. The predicted octanol–water partition coefficient (Wildman–Crippen LogP) is 1.74. The first-order valence-corrected chi connectivity index (χ1v) is 6.73. The zero-order chi connectivity index (χ0) is 14.2. The Morgan fingerprint density at radius 2 is 1.90 bits per heavy atom. The van der Waals surface area contributed by atoms with E-state index in [4.69, 9.17) is 15.1 Å². The maximum atomic E-state index is 10.2. The van der Waals surface area contributed by atoms with Crippen LogP contribution in [-0.2, 0) is 17.8 Å². The molecule has 4 nitrogen and oxygen atoms in total. The van der Waals surface area contributed by atoms with E-state index in [0.717, 1.165) is 22.3 Å². The first-order chi connectivity index (χ1) is 9.58. The number of hydrogen-bond donors (Lipinski definition) is 2. The van der Waals surface area contributed by atoms with Gasteiger partial charge in [-0.05, 0) is 29.8 Å². The lowest BCUT2D eigenvalue weighted by Gasteiger charge is -2.24. The highest BCUT2D eigenvalue weighted by Crippen LogP contribution is 2.25. The Kier molecular flexibility index (Phi) is 3.26. The Bertz CT molecular complexity index is 626. The third kappa shape index (κ3) is 2.43. The quantitative estimate of drug-likeness (QED) is 0.834. The summed E-state index contributed by atoms with van der Waals surface area (Å²) in [6.07, 6.45) is 0. The van der Waals surface area contributed by atoms with Crippen molar-refractivity contribution in [1.29, 1.82) is 0 Å². The largest absolute Gasteiger partial charge is 0.579 e. The molecule has 1 atom stereocenters. The minimum absolute atomic E-state index is 0.452. The molecule has 5 heteroatoms. The van der Waals surface area contributed by atoms with Crippen LogP contribution in [0, 0.1) is 0 Å². The van der Waals surface area contributed by atoms with Crippen LogP contribution < -0.4 is 15.9 Å². The van der Waals surface area contributed by atoms with Gasteiger partial charge in [0.25, 0.3) is 6.55 Å². The van der Waals surface area contributed by atoms with E-state index < -0.39 is 6.55 Å². The Morgan fingerprint density at radius 1 is 1.20 bits per heavy atom. The van der Waals surface area contributed by atoms with E-state index in [2.05, 4.69) is 0 Å². The van der Waals surface area contributed by atoms with Crippen molar-refractivity contribution < 1.29 is 14.4 Å². The van der Waals surface area contributed by atoms with Crippen LogP contribution in [0.1, 0.15) is 11.1 Å². The third-order valence-electron chi connectivity index (χ3n) is 3.65. The lowest BCUT2D eigenvalue weighted by atomic mass is 9.55. The Hall–Kier alpha value is -1.82. The van der Waals surface area contributed by atoms with Gasteiger partial charge in [-0.25, -0.2) is 0 Å². The second-order valence-electron chi connectivity index (χ2n) is 5.26. The maximum absolute atomic E-state index is 10.2. The number of hydrogen-bond acceptors (Lipinski definition) is 4. The molecule has 0 saturated carbocycles.